The highest BCUT2D eigenvalue weighted by atomic mass is 16.5. The van der Waals surface area contributed by atoms with Gasteiger partial charge in [-0.15, -0.1) is 0 Å². The number of rotatable bonds is 2. The summed E-state index contributed by atoms with van der Waals surface area (Å²) in [6, 6.07) is 9.99. The molecule has 0 spiro atoms. The Morgan fingerprint density at radius 2 is 2.06 bits per heavy atom. The van der Waals surface area contributed by atoms with E-state index in [1.807, 2.05) is 31.3 Å². The number of nitriles is 1. The minimum absolute atomic E-state index is 0.785. The Balaban J connectivity index is 2.39. The Labute approximate surface area is 102 Å². The van der Waals surface area contributed by atoms with Gasteiger partial charge in [-0.1, -0.05) is 0 Å². The zero-order valence-corrected chi connectivity index (χ0v) is 10.2. The Morgan fingerprint density at radius 1 is 1.35 bits per heavy atom. The lowest BCUT2D eigenvalue weighted by atomic mass is 10.0. The molecule has 0 saturated carbocycles. The predicted octanol–water partition coefficient (Wildman–Crippen LogP) is 2.66. The molecule has 1 aromatic carbocycles. The summed E-state index contributed by atoms with van der Waals surface area (Å²) in [7, 11) is 3.69. The number of benzene rings is 1. The van der Waals surface area contributed by atoms with Crippen molar-refractivity contribution in [2.24, 2.45) is 0 Å². The molecule has 17 heavy (non-hydrogen) atoms. The van der Waals surface area contributed by atoms with Gasteiger partial charge in [-0.25, -0.2) is 0 Å². The molecule has 0 atom stereocenters. The Morgan fingerprint density at radius 3 is 2.53 bits per heavy atom. The molecule has 3 heteroatoms. The topological polar surface area (TPSA) is 36.3 Å². The first kappa shape index (κ1) is 11.5. The predicted molar refractivity (Wildman–Crippen MR) is 67.4 cm³/mol. The van der Waals surface area contributed by atoms with E-state index in [1.165, 1.54) is 0 Å². The third kappa shape index (κ3) is 2.26. The Hall–Kier alpha value is -1.95. The van der Waals surface area contributed by atoms with E-state index in [0.717, 1.165) is 42.0 Å². The largest absolute Gasteiger partial charge is 0.497 e. The van der Waals surface area contributed by atoms with Gasteiger partial charge in [0.25, 0.3) is 0 Å². The van der Waals surface area contributed by atoms with Gasteiger partial charge >= 0.3 is 0 Å². The molecule has 1 heterocycles. The minimum atomic E-state index is 0.785. The quantitative estimate of drug-likeness (QED) is 0.730. The van der Waals surface area contributed by atoms with Gasteiger partial charge in [-0.05, 0) is 42.7 Å². The van der Waals surface area contributed by atoms with Crippen LogP contribution in [0.3, 0.4) is 0 Å². The number of likely N-dealkylation sites (tertiary alicyclic amines) is 1. The molecule has 88 valence electrons. The van der Waals surface area contributed by atoms with Crippen LogP contribution < -0.4 is 4.74 Å². The molecule has 1 saturated heterocycles. The summed E-state index contributed by atoms with van der Waals surface area (Å²) >= 11 is 0. The zero-order chi connectivity index (χ0) is 12.3. The summed E-state index contributed by atoms with van der Waals surface area (Å²) in [4.78, 5) is 2.17. The molecule has 1 fully saturated rings. The summed E-state index contributed by atoms with van der Waals surface area (Å²) in [6.07, 6.45) is 2.12. The molecule has 0 bridgehead atoms. The molecular weight excluding hydrogens is 212 g/mol. The van der Waals surface area contributed by atoms with E-state index < -0.39 is 0 Å². The van der Waals surface area contributed by atoms with Crippen LogP contribution >= 0.6 is 0 Å². The highest BCUT2D eigenvalue weighted by Gasteiger charge is 2.18. The molecule has 0 unspecified atom stereocenters. The molecule has 1 aliphatic rings. The number of allylic oxidation sites excluding steroid dienone is 2. The summed E-state index contributed by atoms with van der Waals surface area (Å²) in [5.74, 6) is 0.816. The van der Waals surface area contributed by atoms with Crippen LogP contribution in [0.25, 0.3) is 5.57 Å². The summed E-state index contributed by atoms with van der Waals surface area (Å²) in [5.41, 5.74) is 2.90. The summed E-state index contributed by atoms with van der Waals surface area (Å²) in [5, 5.41) is 9.32. The third-order valence-corrected chi connectivity index (χ3v) is 3.15. The van der Waals surface area contributed by atoms with Gasteiger partial charge in [0, 0.05) is 19.3 Å². The number of ether oxygens (including phenoxy) is 1. The van der Waals surface area contributed by atoms with Gasteiger partial charge in [0.1, 0.15) is 11.8 Å². The molecule has 1 aromatic rings. The molecule has 0 aromatic heterocycles. The normalized spacial score (nSPS) is 17.8. The van der Waals surface area contributed by atoms with Crippen LogP contribution in [-0.4, -0.2) is 25.6 Å². The fourth-order valence-electron chi connectivity index (χ4n) is 2.18. The molecule has 2 rings (SSSR count). The van der Waals surface area contributed by atoms with Crippen molar-refractivity contribution < 1.29 is 4.74 Å². The van der Waals surface area contributed by atoms with Gasteiger partial charge < -0.3 is 9.64 Å². The fraction of sp³-hybridized carbons (Fsp3) is 0.357. The average Bonchev–Trinajstić information content (AvgIpc) is 2.78. The van der Waals surface area contributed by atoms with E-state index in [1.54, 1.807) is 7.11 Å². The van der Waals surface area contributed by atoms with Crippen LogP contribution in [0.5, 0.6) is 5.75 Å². The molecule has 0 N–H and O–H groups in total. The molecule has 3 nitrogen and oxygen atoms in total. The lowest BCUT2D eigenvalue weighted by molar-refractivity contribution is 0.415. The highest BCUT2D eigenvalue weighted by Crippen LogP contribution is 2.28. The van der Waals surface area contributed by atoms with Crippen molar-refractivity contribution in [3.63, 3.8) is 0 Å². The van der Waals surface area contributed by atoms with Crippen molar-refractivity contribution in [3.8, 4) is 11.8 Å². The van der Waals surface area contributed by atoms with E-state index in [4.69, 9.17) is 4.74 Å². The van der Waals surface area contributed by atoms with Crippen LogP contribution in [0.15, 0.2) is 30.0 Å². The lowest BCUT2D eigenvalue weighted by Crippen LogP contribution is -2.11. The monoisotopic (exact) mass is 228 g/mol. The van der Waals surface area contributed by atoms with Crippen molar-refractivity contribution in [1.82, 2.24) is 4.90 Å². The van der Waals surface area contributed by atoms with Crippen LogP contribution in [0.1, 0.15) is 18.4 Å². The lowest BCUT2D eigenvalue weighted by Gasteiger charge is -2.15. The van der Waals surface area contributed by atoms with E-state index in [2.05, 4.69) is 11.0 Å². The smallest absolute Gasteiger partial charge is 0.118 e. The minimum Gasteiger partial charge on any atom is -0.497 e. The van der Waals surface area contributed by atoms with Crippen LogP contribution in [0.2, 0.25) is 0 Å². The fourth-order valence-corrected chi connectivity index (χ4v) is 2.18. The van der Waals surface area contributed by atoms with Crippen molar-refractivity contribution >= 4 is 5.57 Å². The van der Waals surface area contributed by atoms with E-state index in [0.29, 0.717) is 0 Å². The van der Waals surface area contributed by atoms with Gasteiger partial charge in [0.15, 0.2) is 0 Å². The van der Waals surface area contributed by atoms with E-state index in [9.17, 15) is 5.26 Å². The maximum absolute atomic E-state index is 9.32. The van der Waals surface area contributed by atoms with Gasteiger partial charge in [0.05, 0.1) is 12.7 Å². The first-order valence-corrected chi connectivity index (χ1v) is 5.75. The van der Waals surface area contributed by atoms with Gasteiger partial charge in [0.2, 0.25) is 0 Å². The highest BCUT2D eigenvalue weighted by molar-refractivity contribution is 5.79. The van der Waals surface area contributed by atoms with Crippen LogP contribution in [0.4, 0.5) is 0 Å². The van der Waals surface area contributed by atoms with Crippen molar-refractivity contribution in [3.05, 3.63) is 35.5 Å². The molecule has 0 aliphatic carbocycles. The number of hydrogen-bond acceptors (Lipinski definition) is 3. The standard InChI is InChI=1S/C14H16N2O/c1-16-9-3-4-14(16)13(10-15)11-5-7-12(17-2)8-6-11/h5-8H,3-4,9H2,1-2H3/b14-13+. The third-order valence-electron chi connectivity index (χ3n) is 3.15. The second kappa shape index (κ2) is 4.92. The maximum atomic E-state index is 9.32. The zero-order valence-electron chi connectivity index (χ0n) is 10.2. The summed E-state index contributed by atoms with van der Waals surface area (Å²) in [6.45, 7) is 1.04. The molecule has 1 aliphatic heterocycles. The van der Waals surface area contributed by atoms with Crippen LogP contribution in [0, 0.1) is 11.3 Å². The average molecular weight is 228 g/mol. The first-order valence-electron chi connectivity index (χ1n) is 5.75. The molecule has 0 amide bonds. The van der Waals surface area contributed by atoms with Gasteiger partial charge in [-0.2, -0.15) is 5.26 Å². The molecule has 0 radical (unpaired) electrons. The number of nitrogens with zero attached hydrogens (tertiary/aromatic N) is 2. The Kier molecular flexibility index (Phi) is 3.34. The number of hydrogen-bond donors (Lipinski definition) is 0. The summed E-state index contributed by atoms with van der Waals surface area (Å²) < 4.78 is 5.12. The second-order valence-corrected chi connectivity index (χ2v) is 4.19. The Bertz CT molecular complexity index is 468. The second-order valence-electron chi connectivity index (χ2n) is 4.19. The molecular formula is C14H16N2O. The number of methoxy groups -OCH3 is 1. The van der Waals surface area contributed by atoms with Crippen LogP contribution in [-0.2, 0) is 0 Å². The SMILES string of the molecule is COc1ccc(/C(C#N)=C2\CCCN2C)cc1. The maximum Gasteiger partial charge on any atom is 0.118 e. The van der Waals surface area contributed by atoms with Crippen molar-refractivity contribution in [2.75, 3.05) is 20.7 Å². The first-order chi connectivity index (χ1) is 8.26. The van der Waals surface area contributed by atoms with Crippen molar-refractivity contribution in [2.45, 2.75) is 12.8 Å². The van der Waals surface area contributed by atoms with Gasteiger partial charge in [-0.3, -0.25) is 0 Å². The van der Waals surface area contributed by atoms with Crippen molar-refractivity contribution in [1.29, 1.82) is 5.26 Å². The van der Waals surface area contributed by atoms with E-state index >= 15 is 0 Å². The van der Waals surface area contributed by atoms with E-state index in [-0.39, 0.29) is 0 Å².